The van der Waals surface area contributed by atoms with Gasteiger partial charge in [0.1, 0.15) is 6.54 Å². The molecule has 4 aliphatic rings. The maximum atomic E-state index is 13.3. The second-order valence-electron chi connectivity index (χ2n) is 8.94. The first kappa shape index (κ1) is 20.2. The van der Waals surface area contributed by atoms with Crippen molar-refractivity contribution in [2.45, 2.75) is 29.5 Å². The van der Waals surface area contributed by atoms with Gasteiger partial charge in [0.2, 0.25) is 11.8 Å². The van der Waals surface area contributed by atoms with E-state index in [2.05, 4.69) is 17.1 Å². The third kappa shape index (κ3) is 2.73. The number of imide groups is 1. The highest BCUT2D eigenvalue weighted by molar-refractivity contribution is 8.00. The van der Waals surface area contributed by atoms with Gasteiger partial charge in [-0.15, -0.1) is 11.8 Å². The van der Waals surface area contributed by atoms with E-state index in [-0.39, 0.29) is 70.6 Å². The summed E-state index contributed by atoms with van der Waals surface area (Å²) in [5, 5.41) is 1.06. The molecule has 9 heteroatoms. The predicted molar refractivity (Wildman–Crippen MR) is 118 cm³/mol. The van der Waals surface area contributed by atoms with Crippen molar-refractivity contribution in [1.29, 1.82) is 0 Å². The number of hydrogen-bond acceptors (Lipinski definition) is 7. The molecule has 0 spiro atoms. The fraction of sp³-hybridized carbons (Fsp3) is 0.478. The molecule has 1 N–H and O–H groups in total. The lowest BCUT2D eigenvalue weighted by atomic mass is 9.68. The van der Waals surface area contributed by atoms with Gasteiger partial charge < -0.3 is 9.72 Å². The van der Waals surface area contributed by atoms with Crippen molar-refractivity contribution in [2.24, 2.45) is 29.6 Å². The summed E-state index contributed by atoms with van der Waals surface area (Å²) in [6.45, 7) is 1.62. The molecule has 3 fully saturated rings. The molecule has 166 valence electrons. The Morgan fingerprint density at radius 1 is 1.12 bits per heavy atom. The average Bonchev–Trinajstić information content (AvgIpc) is 3.50. The fourth-order valence-corrected chi connectivity index (χ4v) is 9.49. The van der Waals surface area contributed by atoms with Crippen molar-refractivity contribution < 1.29 is 19.1 Å². The number of likely N-dealkylation sites (tertiary alicyclic amines) is 1. The van der Waals surface area contributed by atoms with Crippen molar-refractivity contribution in [3.8, 4) is 0 Å². The number of fused-ring (bicyclic) bond motifs is 9. The lowest BCUT2D eigenvalue weighted by molar-refractivity contribution is -0.153. The molecule has 2 aliphatic carbocycles. The molecule has 2 aliphatic heterocycles. The number of ether oxygens (including phenoxy) is 1. The highest BCUT2D eigenvalue weighted by Crippen LogP contribution is 2.68. The maximum absolute atomic E-state index is 13.3. The van der Waals surface area contributed by atoms with Gasteiger partial charge in [0.15, 0.2) is 0 Å². The first-order chi connectivity index (χ1) is 15.5. The number of carbonyl (C=O) groups excluding carboxylic acids is 3. The van der Waals surface area contributed by atoms with Gasteiger partial charge >= 0.3 is 10.8 Å². The molecule has 3 heterocycles. The van der Waals surface area contributed by atoms with Gasteiger partial charge in [-0.05, 0) is 36.7 Å². The van der Waals surface area contributed by atoms with Gasteiger partial charge in [-0.25, -0.2) is 0 Å². The van der Waals surface area contributed by atoms with Crippen LogP contribution >= 0.6 is 23.1 Å². The molecule has 1 aromatic heterocycles. The van der Waals surface area contributed by atoms with E-state index < -0.39 is 5.97 Å². The normalized spacial score (nSPS) is 34.4. The van der Waals surface area contributed by atoms with E-state index in [1.807, 2.05) is 18.2 Å². The van der Waals surface area contributed by atoms with Crippen LogP contribution in [0.4, 0.5) is 0 Å². The second-order valence-corrected chi connectivity index (χ2v) is 11.1. The highest BCUT2D eigenvalue weighted by Gasteiger charge is 2.69. The van der Waals surface area contributed by atoms with E-state index in [0.717, 1.165) is 26.8 Å². The van der Waals surface area contributed by atoms with Crippen LogP contribution in [0.15, 0.2) is 40.2 Å². The van der Waals surface area contributed by atoms with Crippen molar-refractivity contribution in [3.63, 3.8) is 0 Å². The van der Waals surface area contributed by atoms with Crippen LogP contribution in [0.5, 0.6) is 0 Å². The Labute approximate surface area is 192 Å². The van der Waals surface area contributed by atoms with Crippen LogP contribution in [-0.4, -0.2) is 46.1 Å². The molecular formula is C23H22N2O5S2. The Bertz CT molecular complexity index is 1170. The first-order valence-electron chi connectivity index (χ1n) is 10.9. The van der Waals surface area contributed by atoms with Crippen LogP contribution in [0.3, 0.4) is 0 Å². The van der Waals surface area contributed by atoms with E-state index in [1.54, 1.807) is 18.7 Å². The van der Waals surface area contributed by atoms with Crippen LogP contribution in [0.1, 0.15) is 29.7 Å². The van der Waals surface area contributed by atoms with Gasteiger partial charge in [0.05, 0.1) is 23.5 Å². The molecule has 2 saturated carbocycles. The number of thiazole rings is 1. The summed E-state index contributed by atoms with van der Waals surface area (Å²) in [6, 6.07) is 10.2. The summed E-state index contributed by atoms with van der Waals surface area (Å²) >= 11 is 2.92. The predicted octanol–water partition coefficient (Wildman–Crippen LogP) is 2.47. The van der Waals surface area contributed by atoms with E-state index in [1.165, 1.54) is 11.3 Å². The Morgan fingerprint density at radius 3 is 2.56 bits per heavy atom. The molecule has 2 bridgehead atoms. The monoisotopic (exact) mass is 470 g/mol. The molecule has 2 amide bonds. The van der Waals surface area contributed by atoms with Gasteiger partial charge in [-0.2, -0.15) is 0 Å². The van der Waals surface area contributed by atoms with Crippen LogP contribution in [0.2, 0.25) is 0 Å². The zero-order valence-corrected chi connectivity index (χ0v) is 19.0. The Balaban J connectivity index is 1.39. The molecule has 7 nitrogen and oxygen atoms in total. The third-order valence-corrected chi connectivity index (χ3v) is 10.2. The Kier molecular flexibility index (Phi) is 4.62. The number of amides is 2. The lowest BCUT2D eigenvalue weighted by Crippen LogP contribution is -2.42. The minimum atomic E-state index is -0.546. The van der Waals surface area contributed by atoms with Gasteiger partial charge in [-0.3, -0.25) is 24.1 Å². The number of carbonyl (C=O) groups is 3. The summed E-state index contributed by atoms with van der Waals surface area (Å²) in [5.74, 6) is -1.45. The van der Waals surface area contributed by atoms with E-state index >= 15 is 0 Å². The zero-order valence-electron chi connectivity index (χ0n) is 17.4. The molecule has 1 saturated heterocycles. The standard InChI is InChI=1S/C23H22N2O5S2/c1-2-30-13(26)9-25-21(27)16-11-8-12(17(16)22(25)28)18-15(11)14(10-6-4-3-5-7-10)19-20(31-18)24-23(29)32-19/h3-7,11-12,14-18H,2,8-9H2,1H3,(H,24,29)/t11?,12?,14-,15?,16?,17?,18?/m1/s1. The van der Waals surface area contributed by atoms with Crippen molar-refractivity contribution in [2.75, 3.05) is 13.2 Å². The summed E-state index contributed by atoms with van der Waals surface area (Å²) < 4.78 is 4.98. The number of hydrogen-bond donors (Lipinski definition) is 1. The van der Waals surface area contributed by atoms with Crippen molar-refractivity contribution in [1.82, 2.24) is 9.88 Å². The fourth-order valence-electron chi connectivity index (χ4n) is 6.60. The SMILES string of the molecule is CCOC(=O)CN1C(=O)C2C3CC(C2C1=O)C1C3Sc2[nH]c(=O)sc2[C@@H]1c1ccccc1. The largest absolute Gasteiger partial charge is 0.465 e. The first-order valence-corrected chi connectivity index (χ1v) is 12.6. The number of aromatic amines is 1. The van der Waals surface area contributed by atoms with Gasteiger partial charge in [0, 0.05) is 16.0 Å². The minimum Gasteiger partial charge on any atom is -0.465 e. The molecule has 6 rings (SSSR count). The zero-order chi connectivity index (χ0) is 22.1. The summed E-state index contributed by atoms with van der Waals surface area (Å²) in [5.41, 5.74) is 1.14. The average molecular weight is 471 g/mol. The third-order valence-electron chi connectivity index (χ3n) is 7.57. The van der Waals surface area contributed by atoms with E-state index in [0.29, 0.717) is 0 Å². The van der Waals surface area contributed by atoms with Crippen molar-refractivity contribution >= 4 is 40.9 Å². The number of rotatable bonds is 4. The molecule has 6 unspecified atom stereocenters. The Morgan fingerprint density at radius 2 is 1.84 bits per heavy atom. The number of thioether (sulfide) groups is 1. The molecule has 1 aromatic carbocycles. The number of H-pyrrole nitrogens is 1. The van der Waals surface area contributed by atoms with Crippen LogP contribution in [0.25, 0.3) is 0 Å². The van der Waals surface area contributed by atoms with Crippen molar-refractivity contribution in [3.05, 3.63) is 50.4 Å². The number of benzene rings is 1. The van der Waals surface area contributed by atoms with Gasteiger partial charge in [-0.1, -0.05) is 41.7 Å². The summed E-state index contributed by atoms with van der Waals surface area (Å²) in [4.78, 5) is 55.9. The molecular weight excluding hydrogens is 448 g/mol. The molecule has 32 heavy (non-hydrogen) atoms. The highest BCUT2D eigenvalue weighted by atomic mass is 32.2. The van der Waals surface area contributed by atoms with Crippen LogP contribution < -0.4 is 4.87 Å². The lowest BCUT2D eigenvalue weighted by Gasteiger charge is -2.43. The summed E-state index contributed by atoms with van der Waals surface area (Å²) in [6.07, 6.45) is 0.838. The number of nitrogens with zero attached hydrogens (tertiary/aromatic N) is 1. The smallest absolute Gasteiger partial charge is 0.326 e. The number of aromatic nitrogens is 1. The summed E-state index contributed by atoms with van der Waals surface area (Å²) in [7, 11) is 0. The topological polar surface area (TPSA) is 96.5 Å². The molecule has 2 aromatic rings. The van der Waals surface area contributed by atoms with Gasteiger partial charge in [0.25, 0.3) is 0 Å². The molecule has 0 radical (unpaired) electrons. The molecule has 7 atom stereocenters. The van der Waals surface area contributed by atoms with Crippen LogP contribution in [-0.2, 0) is 19.1 Å². The van der Waals surface area contributed by atoms with E-state index in [4.69, 9.17) is 4.74 Å². The minimum absolute atomic E-state index is 0.0272. The number of nitrogens with one attached hydrogen (secondary N) is 1. The maximum Gasteiger partial charge on any atom is 0.326 e. The van der Waals surface area contributed by atoms with E-state index in [9.17, 15) is 19.2 Å². The Hall–Kier alpha value is -2.39. The van der Waals surface area contributed by atoms with Crippen LogP contribution in [0, 0.1) is 29.6 Å². The second kappa shape index (κ2) is 7.31. The quantitative estimate of drug-likeness (QED) is 0.545. The number of esters is 1.